The van der Waals surface area contributed by atoms with Crippen LogP contribution in [0.3, 0.4) is 0 Å². The van der Waals surface area contributed by atoms with Gasteiger partial charge in [-0.05, 0) is 51.3 Å². The molecule has 8 heteroatoms. The Kier molecular flexibility index (Phi) is 6.75. The molecule has 1 heterocycles. The van der Waals surface area contributed by atoms with E-state index in [2.05, 4.69) is 0 Å². The summed E-state index contributed by atoms with van der Waals surface area (Å²) in [6.07, 6.45) is 0.817. The van der Waals surface area contributed by atoms with Crippen molar-refractivity contribution >= 4 is 16.1 Å². The van der Waals surface area contributed by atoms with E-state index >= 15 is 0 Å². The van der Waals surface area contributed by atoms with Crippen molar-refractivity contribution in [1.29, 1.82) is 0 Å². The Balaban J connectivity index is 1.92. The highest BCUT2D eigenvalue weighted by Crippen LogP contribution is 2.22. The normalized spacial score (nSPS) is 16.8. The Bertz CT molecular complexity index is 732. The van der Waals surface area contributed by atoms with Gasteiger partial charge in [-0.1, -0.05) is 12.1 Å². The van der Waals surface area contributed by atoms with E-state index in [9.17, 15) is 13.2 Å². The van der Waals surface area contributed by atoms with Gasteiger partial charge in [-0.15, -0.1) is 0 Å². The van der Waals surface area contributed by atoms with Gasteiger partial charge in [0.05, 0.1) is 12.9 Å². The molecule has 1 aliphatic rings. The molecule has 1 aromatic carbocycles. The largest absolute Gasteiger partial charge is 0.497 e. The lowest BCUT2D eigenvalue weighted by molar-refractivity contribution is 0.0178. The van der Waals surface area contributed by atoms with E-state index < -0.39 is 15.6 Å². The molecule has 1 saturated heterocycles. The van der Waals surface area contributed by atoms with Gasteiger partial charge in [-0.25, -0.2) is 17.5 Å². The Morgan fingerprint density at radius 1 is 1.19 bits per heavy atom. The lowest BCUT2D eigenvalue weighted by Crippen LogP contribution is -2.48. The monoisotopic (exact) mass is 398 g/mol. The van der Waals surface area contributed by atoms with Crippen LogP contribution in [-0.4, -0.2) is 62.6 Å². The van der Waals surface area contributed by atoms with Crippen molar-refractivity contribution < 1.29 is 22.7 Å². The molecule has 1 fully saturated rings. The standard InChI is InChI=1S/C19H30N2O5S/c1-19(2,3)26-18(22)20(4)16-10-12-21(13-11-16)27(23,24)14-15-6-8-17(25-5)9-7-15/h6-9,16H,10-14H2,1-5H3. The quantitative estimate of drug-likeness (QED) is 0.762. The molecule has 1 aliphatic heterocycles. The van der Waals surface area contributed by atoms with Crippen LogP contribution in [0.2, 0.25) is 0 Å². The zero-order chi connectivity index (χ0) is 20.2. The number of hydrogen-bond acceptors (Lipinski definition) is 5. The molecule has 1 amide bonds. The summed E-state index contributed by atoms with van der Waals surface area (Å²) in [5.41, 5.74) is 0.178. The van der Waals surface area contributed by atoms with Crippen molar-refractivity contribution in [2.24, 2.45) is 0 Å². The van der Waals surface area contributed by atoms with Crippen LogP contribution in [0.5, 0.6) is 5.75 Å². The van der Waals surface area contributed by atoms with Crippen LogP contribution in [0.15, 0.2) is 24.3 Å². The molecule has 0 aliphatic carbocycles. The predicted molar refractivity (Wildman–Crippen MR) is 104 cm³/mol. The molecule has 0 unspecified atom stereocenters. The van der Waals surface area contributed by atoms with Crippen LogP contribution in [0.25, 0.3) is 0 Å². The minimum Gasteiger partial charge on any atom is -0.497 e. The molecule has 1 aromatic rings. The Morgan fingerprint density at radius 2 is 1.74 bits per heavy atom. The fourth-order valence-corrected chi connectivity index (χ4v) is 4.58. The Morgan fingerprint density at radius 3 is 2.22 bits per heavy atom. The van der Waals surface area contributed by atoms with Crippen molar-refractivity contribution in [3.05, 3.63) is 29.8 Å². The first-order valence-corrected chi connectivity index (χ1v) is 10.7. The van der Waals surface area contributed by atoms with Crippen LogP contribution in [0.1, 0.15) is 39.2 Å². The average Bonchev–Trinajstić information content (AvgIpc) is 2.60. The van der Waals surface area contributed by atoms with Crippen LogP contribution in [0, 0.1) is 0 Å². The van der Waals surface area contributed by atoms with Gasteiger partial charge in [0, 0.05) is 26.2 Å². The molecule has 27 heavy (non-hydrogen) atoms. The van der Waals surface area contributed by atoms with Crippen molar-refractivity contribution in [2.45, 2.75) is 51.0 Å². The zero-order valence-electron chi connectivity index (χ0n) is 16.8. The highest BCUT2D eigenvalue weighted by atomic mass is 32.2. The van der Waals surface area contributed by atoms with Gasteiger partial charge in [-0.3, -0.25) is 0 Å². The van der Waals surface area contributed by atoms with Crippen LogP contribution in [0.4, 0.5) is 4.79 Å². The number of carbonyl (C=O) groups is 1. The van der Waals surface area contributed by atoms with E-state index in [-0.39, 0.29) is 17.9 Å². The fraction of sp³-hybridized carbons (Fsp3) is 0.632. The Hall–Kier alpha value is -1.80. The second kappa shape index (κ2) is 8.48. The summed E-state index contributed by atoms with van der Waals surface area (Å²) in [5.74, 6) is 0.658. The van der Waals surface area contributed by atoms with Crippen molar-refractivity contribution in [2.75, 3.05) is 27.2 Å². The van der Waals surface area contributed by atoms with E-state index in [0.717, 1.165) is 5.56 Å². The molecule has 0 radical (unpaired) electrons. The van der Waals surface area contributed by atoms with Gasteiger partial charge in [0.25, 0.3) is 0 Å². The number of piperidine rings is 1. The first-order valence-electron chi connectivity index (χ1n) is 9.08. The number of sulfonamides is 1. The van der Waals surface area contributed by atoms with Gasteiger partial charge in [0.2, 0.25) is 10.0 Å². The highest BCUT2D eigenvalue weighted by Gasteiger charge is 2.32. The molecule has 0 atom stereocenters. The van der Waals surface area contributed by atoms with Crippen LogP contribution >= 0.6 is 0 Å². The number of rotatable bonds is 5. The molecular weight excluding hydrogens is 368 g/mol. The first kappa shape index (κ1) is 21.5. The highest BCUT2D eigenvalue weighted by molar-refractivity contribution is 7.88. The molecule has 0 saturated carbocycles. The summed E-state index contributed by atoms with van der Waals surface area (Å²) in [7, 11) is -0.114. The molecule has 0 bridgehead atoms. The van der Waals surface area contributed by atoms with E-state index in [4.69, 9.17) is 9.47 Å². The van der Waals surface area contributed by atoms with Gasteiger partial charge in [0.15, 0.2) is 0 Å². The van der Waals surface area contributed by atoms with Gasteiger partial charge in [0.1, 0.15) is 11.4 Å². The second-order valence-corrected chi connectivity index (χ2v) is 9.79. The number of hydrogen-bond donors (Lipinski definition) is 0. The maximum atomic E-state index is 12.7. The summed E-state index contributed by atoms with van der Waals surface area (Å²) in [4.78, 5) is 13.8. The second-order valence-electron chi connectivity index (χ2n) is 7.83. The smallest absolute Gasteiger partial charge is 0.410 e. The summed E-state index contributed by atoms with van der Waals surface area (Å²) in [5, 5.41) is 0. The van der Waals surface area contributed by atoms with E-state index in [1.807, 2.05) is 20.8 Å². The minimum absolute atomic E-state index is 0.0210. The van der Waals surface area contributed by atoms with Gasteiger partial charge >= 0.3 is 6.09 Å². The molecule has 0 spiro atoms. The summed E-state index contributed by atoms with van der Waals surface area (Å²) < 4.78 is 37.4. The maximum absolute atomic E-state index is 12.7. The number of benzene rings is 1. The first-order chi connectivity index (χ1) is 12.5. The number of methoxy groups -OCH3 is 1. The summed E-state index contributed by atoms with van der Waals surface area (Å²) in [6.45, 7) is 6.28. The third kappa shape index (κ3) is 6.10. The van der Waals surface area contributed by atoms with E-state index in [1.165, 1.54) is 4.31 Å². The molecule has 0 aromatic heterocycles. The Labute approximate surface area is 162 Å². The summed E-state index contributed by atoms with van der Waals surface area (Å²) >= 11 is 0. The van der Waals surface area contributed by atoms with Crippen molar-refractivity contribution in [3.8, 4) is 5.75 Å². The minimum atomic E-state index is -3.40. The lowest BCUT2D eigenvalue weighted by Gasteiger charge is -2.36. The van der Waals surface area contributed by atoms with E-state index in [0.29, 0.717) is 31.7 Å². The topological polar surface area (TPSA) is 76.2 Å². The SMILES string of the molecule is COc1ccc(CS(=O)(=O)N2CCC(N(C)C(=O)OC(C)(C)C)CC2)cc1. The van der Waals surface area contributed by atoms with Gasteiger partial charge < -0.3 is 14.4 Å². The molecule has 2 rings (SSSR count). The summed E-state index contributed by atoms with van der Waals surface area (Å²) in [6, 6.07) is 7.02. The van der Waals surface area contributed by atoms with E-state index in [1.54, 1.807) is 43.3 Å². The van der Waals surface area contributed by atoms with Gasteiger partial charge in [-0.2, -0.15) is 0 Å². The average molecular weight is 399 g/mol. The number of carbonyl (C=O) groups excluding carboxylic acids is 1. The number of ether oxygens (including phenoxy) is 2. The maximum Gasteiger partial charge on any atom is 0.410 e. The van der Waals surface area contributed by atoms with Crippen molar-refractivity contribution in [1.82, 2.24) is 9.21 Å². The van der Waals surface area contributed by atoms with Crippen molar-refractivity contribution in [3.63, 3.8) is 0 Å². The third-order valence-electron chi connectivity index (χ3n) is 4.55. The molecule has 152 valence electrons. The zero-order valence-corrected chi connectivity index (χ0v) is 17.6. The lowest BCUT2D eigenvalue weighted by atomic mass is 10.1. The molecular formula is C19H30N2O5S. The number of nitrogens with zero attached hydrogens (tertiary/aromatic N) is 2. The van der Waals surface area contributed by atoms with Crippen LogP contribution in [-0.2, 0) is 20.5 Å². The fourth-order valence-electron chi connectivity index (χ4n) is 3.01. The molecule has 7 nitrogen and oxygen atoms in total. The third-order valence-corrected chi connectivity index (χ3v) is 6.40. The number of amides is 1. The van der Waals surface area contributed by atoms with Crippen LogP contribution < -0.4 is 4.74 Å². The predicted octanol–water partition coefficient (Wildman–Crippen LogP) is 2.86. The molecule has 0 N–H and O–H groups in total.